The van der Waals surface area contributed by atoms with E-state index in [1.807, 2.05) is 51.1 Å². The zero-order valence-corrected chi connectivity index (χ0v) is 15.9. The minimum atomic E-state index is -0.511. The number of H-pyrrole nitrogens is 1. The fourth-order valence-electron chi connectivity index (χ4n) is 3.66. The first-order valence-corrected chi connectivity index (χ1v) is 9.24. The van der Waals surface area contributed by atoms with Gasteiger partial charge in [-0.3, -0.25) is 4.90 Å². The average Bonchev–Trinajstić information content (AvgIpc) is 3.26. The second-order valence-corrected chi connectivity index (χ2v) is 8.00. The predicted molar refractivity (Wildman–Crippen MR) is 106 cm³/mol. The number of fused-ring (bicyclic) bond motifs is 3. The number of amides is 1. The molecule has 5 heteroatoms. The molecule has 138 valence electrons. The van der Waals surface area contributed by atoms with Gasteiger partial charge in [0.05, 0.1) is 17.1 Å². The van der Waals surface area contributed by atoms with Gasteiger partial charge in [-0.25, -0.2) is 9.78 Å². The summed E-state index contributed by atoms with van der Waals surface area (Å²) in [6.07, 6.45) is 7.03. The lowest BCUT2D eigenvalue weighted by atomic mass is 10.1. The number of imidazole rings is 1. The van der Waals surface area contributed by atoms with E-state index < -0.39 is 5.60 Å². The Balaban J connectivity index is 1.72. The van der Waals surface area contributed by atoms with Gasteiger partial charge < -0.3 is 9.72 Å². The topological polar surface area (TPSA) is 58.2 Å². The summed E-state index contributed by atoms with van der Waals surface area (Å²) < 4.78 is 5.57. The number of hydrogen-bond acceptors (Lipinski definition) is 3. The third-order valence-electron chi connectivity index (χ3n) is 4.85. The minimum absolute atomic E-state index is 0.0905. The lowest BCUT2D eigenvalue weighted by Gasteiger charge is -2.27. The maximum atomic E-state index is 12.6. The first kappa shape index (κ1) is 17.4. The van der Waals surface area contributed by atoms with Crippen LogP contribution in [0.1, 0.15) is 51.0 Å². The molecule has 1 aromatic heterocycles. The fourth-order valence-corrected chi connectivity index (χ4v) is 3.66. The second kappa shape index (κ2) is 6.31. The van der Waals surface area contributed by atoms with Crippen molar-refractivity contribution in [3.8, 4) is 12.3 Å². The van der Waals surface area contributed by atoms with Gasteiger partial charge in [0.2, 0.25) is 0 Å². The molecule has 0 saturated carbocycles. The monoisotopic (exact) mass is 361 g/mol. The van der Waals surface area contributed by atoms with E-state index in [1.54, 1.807) is 4.90 Å². The molecular weight excluding hydrogens is 338 g/mol. The van der Waals surface area contributed by atoms with Crippen molar-refractivity contribution in [2.45, 2.75) is 45.3 Å². The molecule has 0 bridgehead atoms. The number of likely N-dealkylation sites (tertiary alicyclic amines) is 1. The van der Waals surface area contributed by atoms with Crippen LogP contribution in [-0.2, 0) is 4.74 Å². The highest BCUT2D eigenvalue weighted by Gasteiger charge is 2.35. The Hall–Kier alpha value is -3.00. The quantitative estimate of drug-likeness (QED) is 0.635. The fraction of sp³-hybridized carbons (Fsp3) is 0.364. The molecule has 27 heavy (non-hydrogen) atoms. The van der Waals surface area contributed by atoms with E-state index in [0.29, 0.717) is 6.54 Å². The minimum Gasteiger partial charge on any atom is -0.444 e. The number of carbonyl (C=O) groups excluding carboxylic acids is 1. The van der Waals surface area contributed by atoms with Crippen LogP contribution in [-0.4, -0.2) is 33.1 Å². The van der Waals surface area contributed by atoms with Gasteiger partial charge >= 0.3 is 6.09 Å². The molecule has 4 rings (SSSR count). The first-order valence-electron chi connectivity index (χ1n) is 9.24. The number of aromatic nitrogens is 2. The third-order valence-corrected chi connectivity index (χ3v) is 4.85. The maximum Gasteiger partial charge on any atom is 0.410 e. The third kappa shape index (κ3) is 3.23. The van der Waals surface area contributed by atoms with E-state index >= 15 is 0 Å². The summed E-state index contributed by atoms with van der Waals surface area (Å²) in [5.41, 5.74) is 2.21. The zero-order valence-electron chi connectivity index (χ0n) is 15.9. The molecule has 2 aromatic carbocycles. The molecule has 0 radical (unpaired) electrons. The largest absolute Gasteiger partial charge is 0.444 e. The van der Waals surface area contributed by atoms with Crippen molar-refractivity contribution >= 4 is 27.9 Å². The Bertz CT molecular complexity index is 1070. The molecule has 1 fully saturated rings. The molecule has 1 saturated heterocycles. The smallest absolute Gasteiger partial charge is 0.410 e. The molecule has 0 unspecified atom stereocenters. The van der Waals surface area contributed by atoms with Crippen molar-refractivity contribution < 1.29 is 9.53 Å². The van der Waals surface area contributed by atoms with Crippen molar-refractivity contribution in [2.24, 2.45) is 0 Å². The molecule has 0 spiro atoms. The van der Waals surface area contributed by atoms with Crippen LogP contribution in [0, 0.1) is 12.3 Å². The lowest BCUT2D eigenvalue weighted by Crippen LogP contribution is -2.36. The Morgan fingerprint density at radius 3 is 2.89 bits per heavy atom. The Labute approximate surface area is 158 Å². The number of aromatic amines is 1. The van der Waals surface area contributed by atoms with Gasteiger partial charge in [-0.15, -0.1) is 6.42 Å². The van der Waals surface area contributed by atoms with E-state index in [9.17, 15) is 4.79 Å². The summed E-state index contributed by atoms with van der Waals surface area (Å²) in [5, 5.41) is 2.11. The summed E-state index contributed by atoms with van der Waals surface area (Å²) in [6.45, 7) is 6.33. The number of benzene rings is 2. The molecule has 5 nitrogen and oxygen atoms in total. The molecule has 2 heterocycles. The summed E-state index contributed by atoms with van der Waals surface area (Å²) in [7, 11) is 0. The van der Waals surface area contributed by atoms with E-state index in [0.717, 1.165) is 46.0 Å². The number of nitrogens with one attached hydrogen (secondary N) is 1. The van der Waals surface area contributed by atoms with Gasteiger partial charge in [0.1, 0.15) is 11.4 Å². The molecule has 1 atom stereocenters. The number of rotatable bonds is 1. The SMILES string of the molecule is C#Cc1ccc2c(ccc3[nH]c([C@@H]4CCCN4C(=O)OC(C)(C)C)nc32)c1. The van der Waals surface area contributed by atoms with Gasteiger partial charge in [0, 0.05) is 17.5 Å². The molecule has 1 N–H and O–H groups in total. The highest BCUT2D eigenvalue weighted by atomic mass is 16.6. The molecule has 1 amide bonds. The number of nitrogens with zero attached hydrogens (tertiary/aromatic N) is 2. The summed E-state index contributed by atoms with van der Waals surface area (Å²) in [6, 6.07) is 9.90. The van der Waals surface area contributed by atoms with E-state index in [1.165, 1.54) is 0 Å². The molecular formula is C22H23N3O2. The second-order valence-electron chi connectivity index (χ2n) is 8.00. The van der Waals surface area contributed by atoms with Crippen LogP contribution in [0.25, 0.3) is 21.8 Å². The van der Waals surface area contributed by atoms with Crippen molar-refractivity contribution in [3.63, 3.8) is 0 Å². The van der Waals surface area contributed by atoms with Crippen LogP contribution in [0.15, 0.2) is 30.3 Å². The summed E-state index contributed by atoms with van der Waals surface area (Å²) >= 11 is 0. The highest BCUT2D eigenvalue weighted by molar-refractivity contribution is 6.04. The van der Waals surface area contributed by atoms with E-state index in [2.05, 4.69) is 10.9 Å². The summed E-state index contributed by atoms with van der Waals surface area (Å²) in [4.78, 5) is 22.6. The van der Waals surface area contributed by atoms with Gasteiger partial charge in [0.15, 0.2) is 0 Å². The van der Waals surface area contributed by atoms with Crippen LogP contribution in [0.5, 0.6) is 0 Å². The average molecular weight is 361 g/mol. The van der Waals surface area contributed by atoms with Crippen molar-refractivity contribution in [2.75, 3.05) is 6.54 Å². The normalized spacial score (nSPS) is 17.4. The molecule has 0 aliphatic carbocycles. The zero-order chi connectivity index (χ0) is 19.2. The van der Waals surface area contributed by atoms with Crippen molar-refractivity contribution in [1.82, 2.24) is 14.9 Å². The van der Waals surface area contributed by atoms with Gasteiger partial charge in [0.25, 0.3) is 0 Å². The van der Waals surface area contributed by atoms with Crippen LogP contribution in [0.3, 0.4) is 0 Å². The van der Waals surface area contributed by atoms with Crippen LogP contribution >= 0.6 is 0 Å². The van der Waals surface area contributed by atoms with Crippen molar-refractivity contribution in [1.29, 1.82) is 0 Å². The first-order chi connectivity index (χ1) is 12.9. The lowest BCUT2D eigenvalue weighted by molar-refractivity contribution is 0.0219. The van der Waals surface area contributed by atoms with Crippen LogP contribution in [0.2, 0.25) is 0 Å². The number of hydrogen-bond donors (Lipinski definition) is 1. The van der Waals surface area contributed by atoms with Gasteiger partial charge in [-0.05, 0) is 57.2 Å². The van der Waals surface area contributed by atoms with Crippen molar-refractivity contribution in [3.05, 3.63) is 41.7 Å². The predicted octanol–water partition coefficient (Wildman–Crippen LogP) is 4.77. The summed E-state index contributed by atoms with van der Waals surface area (Å²) in [5.74, 6) is 3.47. The number of ether oxygens (including phenoxy) is 1. The molecule has 1 aliphatic rings. The van der Waals surface area contributed by atoms with E-state index in [-0.39, 0.29) is 12.1 Å². The number of terminal acetylenes is 1. The Morgan fingerprint density at radius 1 is 1.33 bits per heavy atom. The van der Waals surface area contributed by atoms with Gasteiger partial charge in [-0.2, -0.15) is 0 Å². The van der Waals surface area contributed by atoms with Gasteiger partial charge in [-0.1, -0.05) is 18.1 Å². The van der Waals surface area contributed by atoms with Crippen LogP contribution < -0.4 is 0 Å². The Kier molecular flexibility index (Phi) is 4.07. The Morgan fingerprint density at radius 2 is 2.15 bits per heavy atom. The molecule has 1 aliphatic heterocycles. The maximum absolute atomic E-state index is 12.6. The number of carbonyl (C=O) groups is 1. The standard InChI is InChI=1S/C22H23N3O2/c1-5-14-8-10-16-15(13-14)9-11-17-19(16)24-20(23-17)18-7-6-12-25(18)21(26)27-22(2,3)4/h1,8-11,13,18H,6-7,12H2,2-4H3,(H,23,24)/t18-/m0/s1. The highest BCUT2D eigenvalue weighted by Crippen LogP contribution is 2.34. The van der Waals surface area contributed by atoms with E-state index in [4.69, 9.17) is 16.1 Å². The van der Waals surface area contributed by atoms with Crippen LogP contribution in [0.4, 0.5) is 4.79 Å². The molecule has 3 aromatic rings.